The minimum absolute atomic E-state index is 0.423. The van der Waals surface area contributed by atoms with E-state index in [1.807, 2.05) is 0 Å². The Morgan fingerprint density at radius 1 is 1.13 bits per heavy atom. The van der Waals surface area contributed by atoms with Gasteiger partial charge in [-0.25, -0.2) is 0 Å². The van der Waals surface area contributed by atoms with Gasteiger partial charge in [0.2, 0.25) is 0 Å². The van der Waals surface area contributed by atoms with Gasteiger partial charge in [0.1, 0.15) is 0 Å². The van der Waals surface area contributed by atoms with E-state index < -0.39 is 12.7 Å². The first-order valence-corrected chi connectivity index (χ1v) is 8.18. The molecule has 6 heteroatoms. The van der Waals surface area contributed by atoms with Gasteiger partial charge in [0.15, 0.2) is 0 Å². The van der Waals surface area contributed by atoms with Crippen LogP contribution in [0, 0.1) is 0 Å². The zero-order chi connectivity index (χ0) is 17.0. The topological polar surface area (TPSA) is 9.72 Å². The zero-order valence-corrected chi connectivity index (χ0v) is 14.0. The highest BCUT2D eigenvalue weighted by atomic mass is 19.4. The summed E-state index contributed by atoms with van der Waals surface area (Å²) in [5.74, 6) is 0. The number of nitrogens with zero attached hydrogens (tertiary/aromatic N) is 3. The minimum atomic E-state index is -4.12. The van der Waals surface area contributed by atoms with E-state index in [4.69, 9.17) is 0 Å². The standard InChI is InChI=1S/C17H26F3N3/c1-4-14(2)16(23-7-5-6-8-23)15(3)22-11-9-21(10-12-22)13-17(18,19)20/h5,7H,3-4,6,8-13H2,1-2H3/b16-14-. The van der Waals surface area contributed by atoms with E-state index in [0.717, 1.165) is 30.8 Å². The molecule has 130 valence electrons. The van der Waals surface area contributed by atoms with Crippen molar-refractivity contribution >= 4 is 0 Å². The molecule has 0 spiro atoms. The Balaban J connectivity index is 2.01. The van der Waals surface area contributed by atoms with E-state index in [1.54, 1.807) is 0 Å². The summed E-state index contributed by atoms with van der Waals surface area (Å²) < 4.78 is 37.5. The number of hydrogen-bond donors (Lipinski definition) is 0. The summed E-state index contributed by atoms with van der Waals surface area (Å²) in [6, 6.07) is 0. The lowest BCUT2D eigenvalue weighted by atomic mass is 10.1. The fraction of sp³-hybridized carbons (Fsp3) is 0.647. The van der Waals surface area contributed by atoms with E-state index in [9.17, 15) is 13.2 Å². The van der Waals surface area contributed by atoms with Gasteiger partial charge in [-0.05, 0) is 25.3 Å². The van der Waals surface area contributed by atoms with Crippen LogP contribution in [0.4, 0.5) is 13.2 Å². The van der Waals surface area contributed by atoms with Gasteiger partial charge in [0.05, 0.1) is 17.9 Å². The summed E-state index contributed by atoms with van der Waals surface area (Å²) in [5, 5.41) is 0. The Morgan fingerprint density at radius 2 is 1.78 bits per heavy atom. The Labute approximate surface area is 136 Å². The van der Waals surface area contributed by atoms with Crippen LogP contribution in [0.5, 0.6) is 0 Å². The van der Waals surface area contributed by atoms with E-state index in [2.05, 4.69) is 42.5 Å². The summed E-state index contributed by atoms with van der Waals surface area (Å²) in [5.41, 5.74) is 3.33. The second kappa shape index (κ2) is 7.43. The van der Waals surface area contributed by atoms with Crippen LogP contribution in [-0.4, -0.2) is 60.1 Å². The molecule has 0 aromatic rings. The van der Waals surface area contributed by atoms with E-state index in [-0.39, 0.29) is 0 Å². The van der Waals surface area contributed by atoms with Gasteiger partial charge in [0.25, 0.3) is 0 Å². The van der Waals surface area contributed by atoms with Crippen LogP contribution < -0.4 is 0 Å². The molecule has 0 aliphatic carbocycles. The molecule has 1 saturated heterocycles. The van der Waals surface area contributed by atoms with E-state index in [0.29, 0.717) is 26.2 Å². The highest BCUT2D eigenvalue weighted by Crippen LogP contribution is 2.27. The van der Waals surface area contributed by atoms with Crippen molar-refractivity contribution in [3.63, 3.8) is 0 Å². The lowest BCUT2D eigenvalue weighted by Gasteiger charge is -2.39. The quantitative estimate of drug-likeness (QED) is 0.714. The molecule has 2 rings (SSSR count). The normalized spacial score (nSPS) is 20.9. The largest absolute Gasteiger partial charge is 0.401 e. The molecular formula is C17H26F3N3. The van der Waals surface area contributed by atoms with Crippen LogP contribution in [0.3, 0.4) is 0 Å². The Morgan fingerprint density at radius 3 is 2.26 bits per heavy atom. The van der Waals surface area contributed by atoms with Crippen molar-refractivity contribution in [2.24, 2.45) is 0 Å². The molecule has 0 N–H and O–H groups in total. The van der Waals surface area contributed by atoms with Crippen LogP contribution >= 0.6 is 0 Å². The SMILES string of the molecule is C=C(/C(=C(\C)CC)N1C=CCC1)N1CCN(CC(F)(F)F)CC1. The van der Waals surface area contributed by atoms with Gasteiger partial charge in [-0.2, -0.15) is 13.2 Å². The molecule has 3 nitrogen and oxygen atoms in total. The van der Waals surface area contributed by atoms with Crippen molar-refractivity contribution in [1.82, 2.24) is 14.7 Å². The number of hydrogen-bond acceptors (Lipinski definition) is 3. The monoisotopic (exact) mass is 329 g/mol. The molecule has 0 saturated carbocycles. The highest BCUT2D eigenvalue weighted by Gasteiger charge is 2.32. The van der Waals surface area contributed by atoms with Crippen molar-refractivity contribution in [3.8, 4) is 0 Å². The van der Waals surface area contributed by atoms with Gasteiger partial charge in [-0.1, -0.05) is 19.6 Å². The zero-order valence-electron chi connectivity index (χ0n) is 14.0. The van der Waals surface area contributed by atoms with Gasteiger partial charge in [0, 0.05) is 38.9 Å². The molecule has 1 fully saturated rings. The summed E-state index contributed by atoms with van der Waals surface area (Å²) in [6.45, 7) is 10.6. The molecule has 0 aromatic heterocycles. The first-order chi connectivity index (χ1) is 10.8. The van der Waals surface area contributed by atoms with E-state index >= 15 is 0 Å². The van der Waals surface area contributed by atoms with Crippen molar-refractivity contribution < 1.29 is 13.2 Å². The smallest absolute Gasteiger partial charge is 0.368 e. The molecule has 0 bridgehead atoms. The number of piperazine rings is 1. The summed E-state index contributed by atoms with van der Waals surface area (Å²) >= 11 is 0. The first kappa shape index (κ1) is 17.9. The number of halogens is 3. The van der Waals surface area contributed by atoms with E-state index in [1.165, 1.54) is 10.5 Å². The Hall–Kier alpha value is -1.43. The molecule has 2 heterocycles. The molecule has 0 aromatic carbocycles. The maximum atomic E-state index is 12.5. The maximum absolute atomic E-state index is 12.5. The molecule has 0 atom stereocenters. The molecule has 2 aliphatic rings. The van der Waals surface area contributed by atoms with Crippen molar-refractivity contribution in [3.05, 3.63) is 35.8 Å². The Kier molecular flexibility index (Phi) is 5.79. The number of alkyl halides is 3. The molecular weight excluding hydrogens is 303 g/mol. The van der Waals surface area contributed by atoms with Crippen LogP contribution in [-0.2, 0) is 0 Å². The molecule has 2 aliphatic heterocycles. The third kappa shape index (κ3) is 4.77. The molecule has 23 heavy (non-hydrogen) atoms. The van der Waals surface area contributed by atoms with Gasteiger partial charge in [-0.3, -0.25) is 4.90 Å². The average Bonchev–Trinajstić information content (AvgIpc) is 3.00. The average molecular weight is 329 g/mol. The van der Waals surface area contributed by atoms with Crippen LogP contribution in [0.15, 0.2) is 35.8 Å². The summed E-state index contributed by atoms with van der Waals surface area (Å²) in [7, 11) is 0. The third-order valence-electron chi connectivity index (χ3n) is 4.47. The van der Waals surface area contributed by atoms with Gasteiger partial charge >= 0.3 is 6.18 Å². The lowest BCUT2D eigenvalue weighted by Crippen LogP contribution is -2.49. The third-order valence-corrected chi connectivity index (χ3v) is 4.47. The predicted octanol–water partition coefficient (Wildman–Crippen LogP) is 3.58. The maximum Gasteiger partial charge on any atom is 0.401 e. The summed E-state index contributed by atoms with van der Waals surface area (Å²) in [6.07, 6.45) is 2.06. The highest BCUT2D eigenvalue weighted by molar-refractivity contribution is 5.33. The van der Waals surface area contributed by atoms with Crippen LogP contribution in [0.25, 0.3) is 0 Å². The fourth-order valence-electron chi connectivity index (χ4n) is 3.08. The number of rotatable bonds is 5. The number of allylic oxidation sites excluding steroid dienone is 1. The van der Waals surface area contributed by atoms with Crippen molar-refractivity contribution in [2.45, 2.75) is 32.9 Å². The fourth-order valence-corrected chi connectivity index (χ4v) is 3.08. The van der Waals surface area contributed by atoms with Gasteiger partial charge < -0.3 is 9.80 Å². The molecule has 0 radical (unpaired) electrons. The van der Waals surface area contributed by atoms with Crippen molar-refractivity contribution in [2.75, 3.05) is 39.3 Å². The Bertz CT molecular complexity index is 486. The second-order valence-electron chi connectivity index (χ2n) is 6.17. The summed E-state index contributed by atoms with van der Waals surface area (Å²) in [4.78, 5) is 5.80. The minimum Gasteiger partial charge on any atom is -0.368 e. The molecule has 0 unspecified atom stereocenters. The van der Waals surface area contributed by atoms with Crippen LogP contribution in [0.2, 0.25) is 0 Å². The predicted molar refractivity (Wildman–Crippen MR) is 86.7 cm³/mol. The molecule has 0 amide bonds. The first-order valence-electron chi connectivity index (χ1n) is 8.18. The van der Waals surface area contributed by atoms with Crippen LogP contribution in [0.1, 0.15) is 26.7 Å². The second-order valence-corrected chi connectivity index (χ2v) is 6.17. The van der Waals surface area contributed by atoms with Crippen molar-refractivity contribution in [1.29, 1.82) is 0 Å². The van der Waals surface area contributed by atoms with Gasteiger partial charge in [-0.15, -0.1) is 0 Å². The lowest BCUT2D eigenvalue weighted by molar-refractivity contribution is -0.148.